The van der Waals surface area contributed by atoms with E-state index >= 15 is 0 Å². The summed E-state index contributed by atoms with van der Waals surface area (Å²) in [6.07, 6.45) is 1.69. The number of nitrogens with zero attached hydrogens (tertiary/aromatic N) is 1. The summed E-state index contributed by atoms with van der Waals surface area (Å²) in [5.41, 5.74) is 2.78. The molecule has 3 rings (SSSR count). The van der Waals surface area contributed by atoms with Crippen molar-refractivity contribution >= 4 is 34.2 Å². The highest BCUT2D eigenvalue weighted by Crippen LogP contribution is 2.16. The smallest absolute Gasteiger partial charge is 0.272 e. The summed E-state index contributed by atoms with van der Waals surface area (Å²) >= 11 is 5.79. The minimum absolute atomic E-state index is 0.208. The van der Waals surface area contributed by atoms with Gasteiger partial charge in [-0.2, -0.15) is 0 Å². The molecule has 0 saturated carbocycles. The van der Waals surface area contributed by atoms with E-state index in [4.69, 9.17) is 11.6 Å². The molecule has 0 aliphatic carbocycles. The molecule has 4 nitrogen and oxygen atoms in total. The van der Waals surface area contributed by atoms with Gasteiger partial charge in [0.1, 0.15) is 5.69 Å². The third-order valence-electron chi connectivity index (χ3n) is 2.74. The summed E-state index contributed by atoms with van der Waals surface area (Å²) in [5, 5.41) is 3.42. The van der Waals surface area contributed by atoms with Crippen molar-refractivity contribution in [3.63, 3.8) is 0 Å². The average Bonchev–Trinajstić information content (AvgIpc) is 2.85. The molecular weight excluding hydrogens is 262 g/mol. The maximum Gasteiger partial charge on any atom is 0.272 e. The van der Waals surface area contributed by atoms with Gasteiger partial charge in [-0.3, -0.25) is 9.78 Å². The molecule has 0 radical (unpaired) electrons. The van der Waals surface area contributed by atoms with Gasteiger partial charge in [-0.15, -0.1) is 0 Å². The Morgan fingerprint density at radius 3 is 2.74 bits per heavy atom. The number of rotatable bonds is 2. The lowest BCUT2D eigenvalue weighted by Crippen LogP contribution is -2.11. The lowest BCUT2D eigenvalue weighted by molar-refractivity contribution is 0.102. The number of anilines is 1. The van der Waals surface area contributed by atoms with Crippen LogP contribution in [0.5, 0.6) is 0 Å². The molecule has 0 spiro atoms. The van der Waals surface area contributed by atoms with Crippen molar-refractivity contribution in [2.75, 3.05) is 5.32 Å². The van der Waals surface area contributed by atoms with E-state index in [1.54, 1.807) is 36.5 Å². The van der Waals surface area contributed by atoms with Crippen molar-refractivity contribution in [1.29, 1.82) is 0 Å². The summed E-state index contributed by atoms with van der Waals surface area (Å²) in [7, 11) is 0. The molecule has 3 aromatic rings. The van der Waals surface area contributed by atoms with Gasteiger partial charge in [0, 0.05) is 16.9 Å². The number of aromatic nitrogens is 2. The zero-order valence-electron chi connectivity index (χ0n) is 9.85. The van der Waals surface area contributed by atoms with E-state index < -0.39 is 0 Å². The fourth-order valence-electron chi connectivity index (χ4n) is 1.81. The molecular formula is C14H10ClN3O. The summed E-state index contributed by atoms with van der Waals surface area (Å²) in [6.45, 7) is 0. The minimum atomic E-state index is -0.208. The number of carbonyl (C=O) groups excluding carboxylic acids is 1. The van der Waals surface area contributed by atoms with E-state index in [1.165, 1.54) is 0 Å². The molecule has 0 bridgehead atoms. The summed E-state index contributed by atoms with van der Waals surface area (Å²) in [4.78, 5) is 19.3. The Morgan fingerprint density at radius 2 is 2.00 bits per heavy atom. The largest absolute Gasteiger partial charge is 0.349 e. The number of H-pyrrole nitrogens is 1. The number of benzene rings is 1. The minimum Gasteiger partial charge on any atom is -0.349 e. The Kier molecular flexibility index (Phi) is 2.93. The van der Waals surface area contributed by atoms with Crippen LogP contribution >= 0.6 is 11.6 Å². The van der Waals surface area contributed by atoms with Crippen LogP contribution in [0.3, 0.4) is 0 Å². The topological polar surface area (TPSA) is 57.8 Å². The number of aromatic amines is 1. The van der Waals surface area contributed by atoms with Crippen LogP contribution in [-0.4, -0.2) is 15.9 Å². The molecule has 0 atom stereocenters. The van der Waals surface area contributed by atoms with Crippen molar-refractivity contribution in [1.82, 2.24) is 9.97 Å². The van der Waals surface area contributed by atoms with Gasteiger partial charge in [-0.05, 0) is 42.5 Å². The Labute approximate surface area is 114 Å². The molecule has 2 heterocycles. The molecule has 2 aromatic heterocycles. The maximum atomic E-state index is 12.1. The molecule has 0 aliphatic heterocycles. The van der Waals surface area contributed by atoms with Gasteiger partial charge in [-0.1, -0.05) is 11.6 Å². The fraction of sp³-hybridized carbons (Fsp3) is 0. The first-order chi connectivity index (χ1) is 9.22. The zero-order chi connectivity index (χ0) is 13.2. The highest BCUT2D eigenvalue weighted by Gasteiger charge is 2.09. The molecule has 0 unspecified atom stereocenters. The Balaban J connectivity index is 1.85. The van der Waals surface area contributed by atoms with Crippen LogP contribution in [-0.2, 0) is 0 Å². The van der Waals surface area contributed by atoms with E-state index in [2.05, 4.69) is 15.3 Å². The van der Waals surface area contributed by atoms with Crippen LogP contribution in [0, 0.1) is 0 Å². The number of halogens is 1. The number of nitrogens with one attached hydrogen (secondary N) is 2. The van der Waals surface area contributed by atoms with Gasteiger partial charge in [0.2, 0.25) is 0 Å². The van der Waals surface area contributed by atoms with Gasteiger partial charge < -0.3 is 10.3 Å². The summed E-state index contributed by atoms with van der Waals surface area (Å²) < 4.78 is 0. The first-order valence-corrected chi connectivity index (χ1v) is 6.11. The quantitative estimate of drug-likeness (QED) is 0.750. The number of hydrogen-bond acceptors (Lipinski definition) is 2. The predicted molar refractivity (Wildman–Crippen MR) is 75.5 cm³/mol. The first-order valence-electron chi connectivity index (χ1n) is 5.73. The number of pyridine rings is 1. The van der Waals surface area contributed by atoms with Crippen LogP contribution in [0.4, 0.5) is 5.69 Å². The highest BCUT2D eigenvalue weighted by molar-refractivity contribution is 6.30. The Hall–Kier alpha value is -2.33. The van der Waals surface area contributed by atoms with Gasteiger partial charge in [0.25, 0.3) is 5.91 Å². The van der Waals surface area contributed by atoms with Crippen LogP contribution < -0.4 is 5.32 Å². The molecule has 0 fully saturated rings. The van der Waals surface area contributed by atoms with Crippen molar-refractivity contribution in [2.45, 2.75) is 0 Å². The van der Waals surface area contributed by atoms with Gasteiger partial charge in [-0.25, -0.2) is 0 Å². The fourth-order valence-corrected chi connectivity index (χ4v) is 1.94. The zero-order valence-corrected chi connectivity index (χ0v) is 10.6. The van der Waals surface area contributed by atoms with Crippen LogP contribution in [0.15, 0.2) is 48.7 Å². The highest BCUT2D eigenvalue weighted by atomic mass is 35.5. The molecule has 1 aromatic carbocycles. The van der Waals surface area contributed by atoms with E-state index in [0.717, 1.165) is 11.0 Å². The van der Waals surface area contributed by atoms with E-state index in [0.29, 0.717) is 16.4 Å². The van der Waals surface area contributed by atoms with E-state index in [1.807, 2.05) is 12.1 Å². The maximum absolute atomic E-state index is 12.1. The molecule has 0 saturated heterocycles. The van der Waals surface area contributed by atoms with Crippen LogP contribution in [0.25, 0.3) is 11.0 Å². The normalized spacial score (nSPS) is 10.6. The lowest BCUT2D eigenvalue weighted by atomic mass is 10.3. The second-order valence-corrected chi connectivity index (χ2v) is 4.52. The molecule has 94 valence electrons. The van der Waals surface area contributed by atoms with Gasteiger partial charge >= 0.3 is 0 Å². The molecule has 0 aliphatic rings. The lowest BCUT2D eigenvalue weighted by Gasteiger charge is -2.03. The second-order valence-electron chi connectivity index (χ2n) is 4.08. The monoisotopic (exact) mass is 271 g/mol. The van der Waals surface area contributed by atoms with Crippen LogP contribution in [0.2, 0.25) is 5.02 Å². The van der Waals surface area contributed by atoms with E-state index in [9.17, 15) is 4.79 Å². The first kappa shape index (κ1) is 11.7. The second kappa shape index (κ2) is 4.74. The third kappa shape index (κ3) is 2.44. The molecule has 5 heteroatoms. The van der Waals surface area contributed by atoms with E-state index in [-0.39, 0.29) is 5.91 Å². The molecule has 2 N–H and O–H groups in total. The Morgan fingerprint density at radius 1 is 1.21 bits per heavy atom. The number of hydrogen-bond donors (Lipinski definition) is 2. The predicted octanol–water partition coefficient (Wildman–Crippen LogP) is 3.47. The number of carbonyl (C=O) groups is 1. The third-order valence-corrected chi connectivity index (χ3v) is 2.99. The van der Waals surface area contributed by atoms with Crippen molar-refractivity contribution in [3.8, 4) is 0 Å². The van der Waals surface area contributed by atoms with Gasteiger partial charge in [0.05, 0.1) is 11.0 Å². The van der Waals surface area contributed by atoms with Crippen molar-refractivity contribution in [3.05, 3.63) is 59.4 Å². The molecule has 19 heavy (non-hydrogen) atoms. The summed E-state index contributed by atoms with van der Waals surface area (Å²) in [6, 6.07) is 12.4. The summed E-state index contributed by atoms with van der Waals surface area (Å²) in [5.74, 6) is -0.208. The van der Waals surface area contributed by atoms with Gasteiger partial charge in [0.15, 0.2) is 0 Å². The SMILES string of the molecule is O=C(Nc1ccc(Cl)cc1)c1cc2ncccc2[nH]1. The van der Waals surface area contributed by atoms with Crippen molar-refractivity contribution in [2.24, 2.45) is 0 Å². The van der Waals surface area contributed by atoms with Crippen molar-refractivity contribution < 1.29 is 4.79 Å². The average molecular weight is 272 g/mol. The number of amides is 1. The standard InChI is InChI=1S/C14H10ClN3O/c15-9-3-5-10(6-4-9)17-14(19)13-8-12-11(18-13)2-1-7-16-12/h1-8,18H,(H,17,19). The Bertz CT molecular complexity index is 701. The number of fused-ring (bicyclic) bond motifs is 1. The van der Waals surface area contributed by atoms with Crippen LogP contribution in [0.1, 0.15) is 10.5 Å². The molecule has 1 amide bonds.